The first-order valence-electron chi connectivity index (χ1n) is 7.31. The third-order valence-corrected chi connectivity index (χ3v) is 3.98. The molecule has 0 radical (unpaired) electrons. The number of hydrogen-bond acceptors (Lipinski definition) is 2. The van der Waals surface area contributed by atoms with Gasteiger partial charge in [-0.3, -0.25) is 4.79 Å². The molecular weight excluding hydrogens is 284 g/mol. The highest BCUT2D eigenvalue weighted by Crippen LogP contribution is 2.18. The van der Waals surface area contributed by atoms with Gasteiger partial charge in [-0.15, -0.1) is 12.4 Å². The van der Waals surface area contributed by atoms with Crippen LogP contribution < -0.4 is 10.6 Å². The van der Waals surface area contributed by atoms with Crippen molar-refractivity contribution in [3.8, 4) is 0 Å². The molecule has 0 spiro atoms. The molecule has 2 aromatic rings. The summed E-state index contributed by atoms with van der Waals surface area (Å²) < 4.78 is 0. The van der Waals surface area contributed by atoms with Gasteiger partial charge in [0.1, 0.15) is 0 Å². The summed E-state index contributed by atoms with van der Waals surface area (Å²) >= 11 is 0. The van der Waals surface area contributed by atoms with Gasteiger partial charge in [-0.2, -0.15) is 0 Å². The highest BCUT2D eigenvalue weighted by Gasteiger charge is 2.15. The first-order chi connectivity index (χ1) is 9.84. The molecule has 1 unspecified atom stereocenters. The van der Waals surface area contributed by atoms with Crippen LogP contribution in [0.1, 0.15) is 23.2 Å². The molecule has 1 atom stereocenters. The maximum absolute atomic E-state index is 12.4. The molecule has 21 heavy (non-hydrogen) atoms. The van der Waals surface area contributed by atoms with Crippen LogP contribution in [0.15, 0.2) is 42.5 Å². The lowest BCUT2D eigenvalue weighted by atomic mass is 9.99. The molecule has 2 N–H and O–H groups in total. The third kappa shape index (κ3) is 3.74. The molecule has 1 saturated heterocycles. The Hall–Kier alpha value is -1.58. The smallest absolute Gasteiger partial charge is 0.251 e. The van der Waals surface area contributed by atoms with Gasteiger partial charge in [-0.05, 0) is 48.7 Å². The molecule has 2 aromatic carbocycles. The number of piperidine rings is 1. The van der Waals surface area contributed by atoms with E-state index in [2.05, 4.69) is 10.6 Å². The van der Waals surface area contributed by atoms with Gasteiger partial charge >= 0.3 is 0 Å². The molecule has 1 amide bonds. The largest absolute Gasteiger partial charge is 0.352 e. The zero-order valence-corrected chi connectivity index (χ0v) is 12.8. The van der Waals surface area contributed by atoms with Gasteiger partial charge < -0.3 is 10.6 Å². The van der Waals surface area contributed by atoms with Crippen LogP contribution in [0, 0.1) is 5.92 Å². The van der Waals surface area contributed by atoms with Crippen molar-refractivity contribution in [1.29, 1.82) is 0 Å². The first-order valence-corrected chi connectivity index (χ1v) is 7.31. The summed E-state index contributed by atoms with van der Waals surface area (Å²) in [6.07, 6.45) is 2.40. The van der Waals surface area contributed by atoms with Crippen molar-refractivity contribution in [3.63, 3.8) is 0 Å². The summed E-state index contributed by atoms with van der Waals surface area (Å²) in [6.45, 7) is 2.87. The van der Waals surface area contributed by atoms with E-state index in [0.29, 0.717) is 5.92 Å². The standard InChI is InChI=1S/C17H20N2O.ClH/c20-17(19-12-13-5-4-10-18-11-13)16-9-3-7-14-6-1-2-8-15(14)16;/h1-3,6-9,13,18H,4-5,10-12H2,(H,19,20);1H. The number of nitrogens with one attached hydrogen (secondary N) is 2. The molecule has 1 fully saturated rings. The molecule has 112 valence electrons. The van der Waals surface area contributed by atoms with Crippen molar-refractivity contribution in [3.05, 3.63) is 48.0 Å². The van der Waals surface area contributed by atoms with Crippen molar-refractivity contribution < 1.29 is 4.79 Å². The number of hydrogen-bond donors (Lipinski definition) is 2. The lowest BCUT2D eigenvalue weighted by molar-refractivity contribution is 0.0946. The van der Waals surface area contributed by atoms with Gasteiger partial charge in [0, 0.05) is 12.1 Å². The van der Waals surface area contributed by atoms with E-state index in [9.17, 15) is 4.79 Å². The Morgan fingerprint density at radius 2 is 2.00 bits per heavy atom. The van der Waals surface area contributed by atoms with E-state index in [1.807, 2.05) is 42.5 Å². The molecule has 1 aliphatic rings. The lowest BCUT2D eigenvalue weighted by Gasteiger charge is -2.23. The number of amides is 1. The molecule has 4 heteroatoms. The Morgan fingerprint density at radius 3 is 2.81 bits per heavy atom. The Balaban J connectivity index is 0.00000161. The van der Waals surface area contributed by atoms with Crippen LogP contribution in [-0.4, -0.2) is 25.5 Å². The fraction of sp³-hybridized carbons (Fsp3) is 0.353. The van der Waals surface area contributed by atoms with Crippen LogP contribution in [0.3, 0.4) is 0 Å². The fourth-order valence-electron chi connectivity index (χ4n) is 2.85. The Labute approximate surface area is 131 Å². The van der Waals surface area contributed by atoms with E-state index in [1.54, 1.807) is 0 Å². The van der Waals surface area contributed by atoms with E-state index in [1.165, 1.54) is 12.8 Å². The molecule has 0 bridgehead atoms. The van der Waals surface area contributed by atoms with E-state index in [4.69, 9.17) is 0 Å². The summed E-state index contributed by atoms with van der Waals surface area (Å²) in [5.41, 5.74) is 0.770. The number of carbonyl (C=O) groups excluding carboxylic acids is 1. The molecule has 0 aromatic heterocycles. The molecule has 0 aliphatic carbocycles. The van der Waals surface area contributed by atoms with E-state index < -0.39 is 0 Å². The van der Waals surface area contributed by atoms with Crippen LogP contribution in [-0.2, 0) is 0 Å². The van der Waals surface area contributed by atoms with Crippen LogP contribution in [0.4, 0.5) is 0 Å². The monoisotopic (exact) mass is 304 g/mol. The van der Waals surface area contributed by atoms with Crippen molar-refractivity contribution in [2.75, 3.05) is 19.6 Å². The normalized spacial score (nSPS) is 18.0. The van der Waals surface area contributed by atoms with Crippen molar-refractivity contribution >= 4 is 29.1 Å². The highest BCUT2D eigenvalue weighted by molar-refractivity contribution is 6.06. The molecule has 0 saturated carbocycles. The van der Waals surface area contributed by atoms with Gasteiger partial charge in [0.05, 0.1) is 0 Å². The average molecular weight is 305 g/mol. The van der Waals surface area contributed by atoms with Gasteiger partial charge in [0.15, 0.2) is 0 Å². The summed E-state index contributed by atoms with van der Waals surface area (Å²) in [7, 11) is 0. The van der Waals surface area contributed by atoms with Crippen molar-refractivity contribution in [2.45, 2.75) is 12.8 Å². The maximum Gasteiger partial charge on any atom is 0.251 e. The Bertz CT molecular complexity index is 603. The maximum atomic E-state index is 12.4. The second kappa shape index (κ2) is 7.43. The Morgan fingerprint density at radius 1 is 1.19 bits per heavy atom. The number of fused-ring (bicyclic) bond motifs is 1. The lowest BCUT2D eigenvalue weighted by Crippen LogP contribution is -2.38. The predicted octanol–water partition coefficient (Wildman–Crippen LogP) is 2.99. The van der Waals surface area contributed by atoms with Crippen LogP contribution in [0.5, 0.6) is 0 Å². The first kappa shape index (κ1) is 15.8. The summed E-state index contributed by atoms with van der Waals surface area (Å²) in [6, 6.07) is 13.9. The zero-order chi connectivity index (χ0) is 13.8. The second-order valence-electron chi connectivity index (χ2n) is 5.45. The molecular formula is C17H21ClN2O. The average Bonchev–Trinajstić information content (AvgIpc) is 2.53. The van der Waals surface area contributed by atoms with E-state index >= 15 is 0 Å². The summed E-state index contributed by atoms with van der Waals surface area (Å²) in [5.74, 6) is 0.593. The molecule has 3 rings (SSSR count). The van der Waals surface area contributed by atoms with E-state index in [-0.39, 0.29) is 18.3 Å². The topological polar surface area (TPSA) is 41.1 Å². The quantitative estimate of drug-likeness (QED) is 0.915. The minimum absolute atomic E-state index is 0. The van der Waals surface area contributed by atoms with Gasteiger partial charge in [-0.1, -0.05) is 36.4 Å². The highest BCUT2D eigenvalue weighted by atomic mass is 35.5. The van der Waals surface area contributed by atoms with Crippen LogP contribution in [0.2, 0.25) is 0 Å². The SMILES string of the molecule is Cl.O=C(NCC1CCCNC1)c1cccc2ccccc12. The van der Waals surface area contributed by atoms with Crippen molar-refractivity contribution in [2.24, 2.45) is 5.92 Å². The van der Waals surface area contributed by atoms with E-state index in [0.717, 1.165) is 36.0 Å². The predicted molar refractivity (Wildman–Crippen MR) is 89.1 cm³/mol. The minimum Gasteiger partial charge on any atom is -0.352 e. The third-order valence-electron chi connectivity index (χ3n) is 3.98. The fourth-order valence-corrected chi connectivity index (χ4v) is 2.85. The van der Waals surface area contributed by atoms with Gasteiger partial charge in [0.2, 0.25) is 0 Å². The van der Waals surface area contributed by atoms with Crippen LogP contribution >= 0.6 is 12.4 Å². The van der Waals surface area contributed by atoms with Gasteiger partial charge in [0.25, 0.3) is 5.91 Å². The van der Waals surface area contributed by atoms with Crippen LogP contribution in [0.25, 0.3) is 10.8 Å². The summed E-state index contributed by atoms with van der Waals surface area (Å²) in [5, 5.41) is 8.59. The zero-order valence-electron chi connectivity index (χ0n) is 12.0. The second-order valence-corrected chi connectivity index (χ2v) is 5.45. The Kier molecular flexibility index (Phi) is 5.59. The number of carbonyl (C=O) groups is 1. The summed E-state index contributed by atoms with van der Waals surface area (Å²) in [4.78, 5) is 12.4. The minimum atomic E-state index is 0. The molecule has 3 nitrogen and oxygen atoms in total. The van der Waals surface area contributed by atoms with Gasteiger partial charge in [-0.25, -0.2) is 0 Å². The molecule has 1 heterocycles. The number of benzene rings is 2. The number of rotatable bonds is 3. The van der Waals surface area contributed by atoms with Crippen molar-refractivity contribution in [1.82, 2.24) is 10.6 Å². The molecule has 1 aliphatic heterocycles. The number of halogens is 1.